The molecule has 1 aromatic heterocycles. The maximum atomic E-state index is 12.5. The van der Waals surface area contributed by atoms with E-state index >= 15 is 0 Å². The standard InChI is InChI=1S/C15H21ClN2O2/c1-3-4-12-9-11(10-14(16)17-12)15(19)18-7-5-13(20-2)6-8-18/h9-10,13H,3-8H2,1-2H3. The third kappa shape index (κ3) is 3.70. The number of carbonyl (C=O) groups excluding carboxylic acids is 1. The maximum absolute atomic E-state index is 12.5. The summed E-state index contributed by atoms with van der Waals surface area (Å²) in [7, 11) is 1.72. The molecule has 0 bridgehead atoms. The Bertz CT molecular complexity index is 471. The fourth-order valence-corrected chi connectivity index (χ4v) is 2.76. The minimum atomic E-state index is 0.0428. The van der Waals surface area contributed by atoms with Crippen molar-refractivity contribution in [2.24, 2.45) is 0 Å². The molecule has 0 aromatic carbocycles. The van der Waals surface area contributed by atoms with E-state index in [1.807, 2.05) is 11.0 Å². The Hall–Kier alpha value is -1.13. The minimum absolute atomic E-state index is 0.0428. The first kappa shape index (κ1) is 15.3. The van der Waals surface area contributed by atoms with Crippen LogP contribution in [-0.2, 0) is 11.2 Å². The van der Waals surface area contributed by atoms with Crippen LogP contribution < -0.4 is 0 Å². The van der Waals surface area contributed by atoms with Crippen molar-refractivity contribution in [3.63, 3.8) is 0 Å². The van der Waals surface area contributed by atoms with Gasteiger partial charge in [0.05, 0.1) is 6.10 Å². The average molecular weight is 297 g/mol. The van der Waals surface area contributed by atoms with Crippen molar-refractivity contribution in [1.82, 2.24) is 9.88 Å². The quantitative estimate of drug-likeness (QED) is 0.802. The SMILES string of the molecule is CCCc1cc(C(=O)N2CCC(OC)CC2)cc(Cl)n1. The molecule has 0 spiro atoms. The van der Waals surface area contributed by atoms with E-state index in [1.165, 1.54) is 0 Å². The largest absolute Gasteiger partial charge is 0.381 e. The Kier molecular flexibility index (Phi) is 5.38. The van der Waals surface area contributed by atoms with Crippen LogP contribution in [0.5, 0.6) is 0 Å². The Balaban J connectivity index is 2.09. The summed E-state index contributed by atoms with van der Waals surface area (Å²) in [6.45, 7) is 3.56. The number of ether oxygens (including phenoxy) is 1. The second kappa shape index (κ2) is 7.04. The number of rotatable bonds is 4. The monoisotopic (exact) mass is 296 g/mol. The van der Waals surface area contributed by atoms with Crippen LogP contribution in [0.2, 0.25) is 5.15 Å². The second-order valence-electron chi connectivity index (χ2n) is 5.15. The smallest absolute Gasteiger partial charge is 0.254 e. The molecule has 0 radical (unpaired) electrons. The molecule has 1 aliphatic heterocycles. The number of methoxy groups -OCH3 is 1. The summed E-state index contributed by atoms with van der Waals surface area (Å²) in [5.41, 5.74) is 1.53. The van der Waals surface area contributed by atoms with Gasteiger partial charge in [-0.05, 0) is 31.4 Å². The van der Waals surface area contributed by atoms with Crippen LogP contribution in [0.4, 0.5) is 0 Å². The summed E-state index contributed by atoms with van der Waals surface area (Å²) in [6, 6.07) is 3.52. The summed E-state index contributed by atoms with van der Waals surface area (Å²) < 4.78 is 5.33. The number of hydrogen-bond acceptors (Lipinski definition) is 3. The van der Waals surface area contributed by atoms with E-state index in [9.17, 15) is 4.79 Å². The molecule has 0 saturated carbocycles. The number of carbonyl (C=O) groups is 1. The summed E-state index contributed by atoms with van der Waals surface area (Å²) in [5.74, 6) is 0.0428. The number of likely N-dealkylation sites (tertiary alicyclic amines) is 1. The lowest BCUT2D eigenvalue weighted by Gasteiger charge is -2.31. The topological polar surface area (TPSA) is 42.4 Å². The summed E-state index contributed by atoms with van der Waals surface area (Å²) in [6.07, 6.45) is 3.88. The first-order valence-corrected chi connectivity index (χ1v) is 7.50. The number of aryl methyl sites for hydroxylation is 1. The maximum Gasteiger partial charge on any atom is 0.254 e. The molecule has 1 fully saturated rings. The molecule has 20 heavy (non-hydrogen) atoms. The van der Waals surface area contributed by atoms with Gasteiger partial charge in [-0.25, -0.2) is 4.98 Å². The van der Waals surface area contributed by atoms with Gasteiger partial charge in [0.15, 0.2) is 0 Å². The first-order valence-electron chi connectivity index (χ1n) is 7.12. The van der Waals surface area contributed by atoms with Gasteiger partial charge in [-0.1, -0.05) is 24.9 Å². The Morgan fingerprint density at radius 2 is 2.15 bits per heavy atom. The van der Waals surface area contributed by atoms with Crippen LogP contribution in [-0.4, -0.2) is 42.1 Å². The van der Waals surface area contributed by atoms with Gasteiger partial charge >= 0.3 is 0 Å². The second-order valence-corrected chi connectivity index (χ2v) is 5.53. The number of halogens is 1. The van der Waals surface area contributed by atoms with Crippen LogP contribution in [0.3, 0.4) is 0 Å². The molecule has 4 nitrogen and oxygen atoms in total. The van der Waals surface area contributed by atoms with Gasteiger partial charge in [0.25, 0.3) is 5.91 Å². The van der Waals surface area contributed by atoms with E-state index in [2.05, 4.69) is 11.9 Å². The van der Waals surface area contributed by atoms with Crippen molar-refractivity contribution >= 4 is 17.5 Å². The number of hydrogen-bond donors (Lipinski definition) is 0. The average Bonchev–Trinajstić information content (AvgIpc) is 2.46. The number of amides is 1. The minimum Gasteiger partial charge on any atom is -0.381 e. The predicted octanol–water partition coefficient (Wildman–Crippen LogP) is 2.94. The summed E-state index contributed by atoms with van der Waals surface area (Å²) in [5, 5.41) is 0.395. The molecule has 0 N–H and O–H groups in total. The Labute approximate surface area is 125 Å². The van der Waals surface area contributed by atoms with Crippen LogP contribution in [0.1, 0.15) is 42.2 Å². The van der Waals surface area contributed by atoms with Gasteiger partial charge in [-0.15, -0.1) is 0 Å². The van der Waals surface area contributed by atoms with Crippen molar-refractivity contribution < 1.29 is 9.53 Å². The van der Waals surface area contributed by atoms with Crippen LogP contribution in [0.25, 0.3) is 0 Å². The molecular formula is C15H21ClN2O2. The first-order chi connectivity index (χ1) is 9.63. The number of piperidine rings is 1. The molecule has 1 saturated heterocycles. The van der Waals surface area contributed by atoms with Crippen molar-refractivity contribution in [1.29, 1.82) is 0 Å². The van der Waals surface area contributed by atoms with E-state index in [4.69, 9.17) is 16.3 Å². The zero-order chi connectivity index (χ0) is 14.5. The van der Waals surface area contributed by atoms with Crippen LogP contribution in [0.15, 0.2) is 12.1 Å². The van der Waals surface area contributed by atoms with E-state index in [1.54, 1.807) is 13.2 Å². The molecule has 0 aliphatic carbocycles. The van der Waals surface area contributed by atoms with Crippen molar-refractivity contribution in [3.05, 3.63) is 28.5 Å². The number of nitrogens with zero attached hydrogens (tertiary/aromatic N) is 2. The van der Waals surface area contributed by atoms with Gasteiger partial charge in [0.1, 0.15) is 5.15 Å². The van der Waals surface area contributed by atoms with Gasteiger partial charge in [-0.3, -0.25) is 4.79 Å². The van der Waals surface area contributed by atoms with E-state index in [0.717, 1.165) is 44.5 Å². The van der Waals surface area contributed by atoms with E-state index < -0.39 is 0 Å². The van der Waals surface area contributed by atoms with E-state index in [-0.39, 0.29) is 12.0 Å². The summed E-state index contributed by atoms with van der Waals surface area (Å²) >= 11 is 6.01. The molecule has 0 atom stereocenters. The lowest BCUT2D eigenvalue weighted by atomic mass is 10.1. The molecule has 2 heterocycles. The van der Waals surface area contributed by atoms with E-state index in [0.29, 0.717) is 10.7 Å². The molecule has 0 unspecified atom stereocenters. The molecule has 110 valence electrons. The lowest BCUT2D eigenvalue weighted by molar-refractivity contribution is 0.0350. The van der Waals surface area contributed by atoms with Gasteiger partial charge in [-0.2, -0.15) is 0 Å². The lowest BCUT2D eigenvalue weighted by Crippen LogP contribution is -2.40. The highest BCUT2D eigenvalue weighted by atomic mass is 35.5. The van der Waals surface area contributed by atoms with Crippen molar-refractivity contribution in [2.75, 3.05) is 20.2 Å². The third-order valence-electron chi connectivity index (χ3n) is 3.66. The highest BCUT2D eigenvalue weighted by molar-refractivity contribution is 6.29. The molecule has 1 aliphatic rings. The zero-order valence-corrected chi connectivity index (χ0v) is 12.8. The predicted molar refractivity (Wildman–Crippen MR) is 79.2 cm³/mol. The van der Waals surface area contributed by atoms with Gasteiger partial charge in [0, 0.05) is 31.5 Å². The number of aromatic nitrogens is 1. The molecule has 5 heteroatoms. The highest BCUT2D eigenvalue weighted by Crippen LogP contribution is 2.18. The van der Waals surface area contributed by atoms with Crippen LogP contribution in [0, 0.1) is 0 Å². The molecule has 2 rings (SSSR count). The zero-order valence-electron chi connectivity index (χ0n) is 12.1. The van der Waals surface area contributed by atoms with Crippen molar-refractivity contribution in [3.8, 4) is 0 Å². The molecule has 1 amide bonds. The van der Waals surface area contributed by atoms with Gasteiger partial charge in [0.2, 0.25) is 0 Å². The normalized spacial score (nSPS) is 16.4. The Morgan fingerprint density at radius 1 is 1.45 bits per heavy atom. The fraction of sp³-hybridized carbons (Fsp3) is 0.600. The highest BCUT2D eigenvalue weighted by Gasteiger charge is 2.23. The number of pyridine rings is 1. The van der Waals surface area contributed by atoms with Gasteiger partial charge < -0.3 is 9.64 Å². The Morgan fingerprint density at radius 3 is 2.75 bits per heavy atom. The summed E-state index contributed by atoms with van der Waals surface area (Å²) in [4.78, 5) is 18.6. The fourth-order valence-electron chi connectivity index (χ4n) is 2.54. The molecule has 1 aromatic rings. The van der Waals surface area contributed by atoms with Crippen LogP contribution >= 0.6 is 11.6 Å². The third-order valence-corrected chi connectivity index (χ3v) is 3.86. The molecular weight excluding hydrogens is 276 g/mol. The van der Waals surface area contributed by atoms with Crippen molar-refractivity contribution in [2.45, 2.75) is 38.7 Å².